The van der Waals surface area contributed by atoms with E-state index in [1.54, 1.807) is 11.8 Å². The van der Waals surface area contributed by atoms with Crippen molar-refractivity contribution >= 4 is 39.1 Å². The summed E-state index contributed by atoms with van der Waals surface area (Å²) in [5.41, 5.74) is 8.75. The van der Waals surface area contributed by atoms with Crippen molar-refractivity contribution in [3.8, 4) is 0 Å². The third kappa shape index (κ3) is 2.67. The van der Waals surface area contributed by atoms with Gasteiger partial charge in [-0.25, -0.2) is 5.84 Å². The molecule has 1 heterocycles. The predicted octanol–water partition coefficient (Wildman–Crippen LogP) is 1.70. The van der Waals surface area contributed by atoms with Crippen LogP contribution in [0, 0.1) is 0 Å². The van der Waals surface area contributed by atoms with E-state index >= 15 is 0 Å². The van der Waals surface area contributed by atoms with Gasteiger partial charge in [0.05, 0.1) is 4.88 Å². The van der Waals surface area contributed by atoms with Crippen LogP contribution in [0.3, 0.4) is 0 Å². The molecule has 18 heavy (non-hydrogen) atoms. The molecule has 0 fully saturated rings. The highest BCUT2D eigenvalue weighted by atomic mass is 32.2. The van der Waals surface area contributed by atoms with E-state index < -0.39 is 0 Å². The summed E-state index contributed by atoms with van der Waals surface area (Å²) in [4.78, 5) is 12.5. The summed E-state index contributed by atoms with van der Waals surface area (Å²) in [5.74, 6) is 6.67. The lowest BCUT2D eigenvalue weighted by Gasteiger charge is -2.03. The molecule has 4 nitrogen and oxygen atoms in total. The first kappa shape index (κ1) is 13.4. The van der Waals surface area contributed by atoms with Gasteiger partial charge < -0.3 is 5.73 Å². The minimum Gasteiger partial charge on any atom is -0.330 e. The molecule has 0 radical (unpaired) electrons. The molecule has 0 spiro atoms. The lowest BCUT2D eigenvalue weighted by molar-refractivity contribution is 0.0957. The van der Waals surface area contributed by atoms with Gasteiger partial charge in [0.2, 0.25) is 0 Å². The molecule has 2 rings (SSSR count). The van der Waals surface area contributed by atoms with Crippen molar-refractivity contribution in [2.45, 2.75) is 5.75 Å². The van der Waals surface area contributed by atoms with Crippen molar-refractivity contribution in [3.05, 3.63) is 34.7 Å². The van der Waals surface area contributed by atoms with Gasteiger partial charge in [-0.05, 0) is 17.0 Å². The molecule has 0 bridgehead atoms. The van der Waals surface area contributed by atoms with Gasteiger partial charge in [0.15, 0.2) is 0 Å². The normalized spacial score (nSPS) is 10.8. The first-order chi connectivity index (χ1) is 8.77. The van der Waals surface area contributed by atoms with Gasteiger partial charge in [-0.15, -0.1) is 11.3 Å². The monoisotopic (exact) mass is 281 g/mol. The largest absolute Gasteiger partial charge is 0.330 e. The van der Waals surface area contributed by atoms with E-state index in [-0.39, 0.29) is 5.91 Å². The topological polar surface area (TPSA) is 81.1 Å². The van der Waals surface area contributed by atoms with Crippen molar-refractivity contribution in [1.29, 1.82) is 0 Å². The average molecular weight is 281 g/mol. The van der Waals surface area contributed by atoms with Crippen LogP contribution in [0.25, 0.3) is 10.1 Å². The Balaban J connectivity index is 2.41. The Bertz CT molecular complexity index is 553. The highest BCUT2D eigenvalue weighted by molar-refractivity contribution is 7.98. The molecule has 6 heteroatoms. The molecular weight excluding hydrogens is 266 g/mol. The number of thioether (sulfide) groups is 1. The standard InChI is InChI=1S/C12H15N3OS2/c13-5-6-17-7-9-8-3-1-2-4-10(8)18-11(9)12(16)15-14/h1-4H,5-7,13-14H2,(H,15,16). The maximum Gasteiger partial charge on any atom is 0.275 e. The number of hydrogen-bond acceptors (Lipinski definition) is 5. The second kappa shape index (κ2) is 6.19. The van der Waals surface area contributed by atoms with Crippen LogP contribution in [-0.4, -0.2) is 18.2 Å². The third-order valence-electron chi connectivity index (χ3n) is 2.54. The Morgan fingerprint density at radius 1 is 1.39 bits per heavy atom. The Morgan fingerprint density at radius 3 is 2.89 bits per heavy atom. The van der Waals surface area contributed by atoms with Crippen LogP contribution in [0.2, 0.25) is 0 Å². The zero-order valence-electron chi connectivity index (χ0n) is 9.81. The summed E-state index contributed by atoms with van der Waals surface area (Å²) in [7, 11) is 0. The van der Waals surface area contributed by atoms with E-state index in [1.807, 2.05) is 24.3 Å². The van der Waals surface area contributed by atoms with E-state index in [2.05, 4.69) is 5.43 Å². The lowest BCUT2D eigenvalue weighted by Crippen LogP contribution is -2.29. The minimum atomic E-state index is -0.223. The number of nitrogens with one attached hydrogen (secondary N) is 1. The van der Waals surface area contributed by atoms with E-state index in [1.165, 1.54) is 11.3 Å². The number of hydrazine groups is 1. The number of fused-ring (bicyclic) bond motifs is 1. The SMILES string of the molecule is NCCSCc1c(C(=O)NN)sc2ccccc12. The van der Waals surface area contributed by atoms with Gasteiger partial charge >= 0.3 is 0 Å². The summed E-state index contributed by atoms with van der Waals surface area (Å²) in [6.45, 7) is 0.644. The minimum absolute atomic E-state index is 0.223. The molecule has 5 N–H and O–H groups in total. The second-order valence-electron chi connectivity index (χ2n) is 3.72. The number of carbonyl (C=O) groups is 1. The summed E-state index contributed by atoms with van der Waals surface area (Å²) < 4.78 is 1.11. The summed E-state index contributed by atoms with van der Waals surface area (Å²) in [6.07, 6.45) is 0. The van der Waals surface area contributed by atoms with Crippen LogP contribution in [0.4, 0.5) is 0 Å². The first-order valence-corrected chi connectivity index (χ1v) is 7.54. The average Bonchev–Trinajstić information content (AvgIpc) is 2.77. The maximum atomic E-state index is 11.8. The van der Waals surface area contributed by atoms with Crippen LogP contribution in [0.5, 0.6) is 0 Å². The molecule has 0 saturated carbocycles. The third-order valence-corrected chi connectivity index (χ3v) is 4.77. The molecular formula is C12H15N3OS2. The van der Waals surface area contributed by atoms with Crippen molar-refractivity contribution < 1.29 is 4.79 Å². The van der Waals surface area contributed by atoms with Gasteiger partial charge in [0.25, 0.3) is 5.91 Å². The summed E-state index contributed by atoms with van der Waals surface area (Å²) in [5, 5.41) is 1.13. The van der Waals surface area contributed by atoms with Crippen LogP contribution in [0.15, 0.2) is 24.3 Å². The number of amides is 1. The fourth-order valence-corrected chi connectivity index (χ4v) is 3.78. The van der Waals surface area contributed by atoms with Crippen LogP contribution < -0.4 is 17.0 Å². The van der Waals surface area contributed by atoms with E-state index in [9.17, 15) is 4.79 Å². The van der Waals surface area contributed by atoms with Crippen molar-refractivity contribution in [3.63, 3.8) is 0 Å². The van der Waals surface area contributed by atoms with E-state index in [0.717, 1.165) is 27.2 Å². The lowest BCUT2D eigenvalue weighted by atomic mass is 10.1. The maximum absolute atomic E-state index is 11.8. The molecule has 1 aromatic heterocycles. The Hall–Kier alpha value is -1.08. The second-order valence-corrected chi connectivity index (χ2v) is 5.88. The number of nitrogens with two attached hydrogens (primary N) is 2. The fourth-order valence-electron chi connectivity index (χ4n) is 1.75. The smallest absolute Gasteiger partial charge is 0.275 e. The molecule has 2 aromatic rings. The van der Waals surface area contributed by atoms with Gasteiger partial charge in [0.1, 0.15) is 0 Å². The van der Waals surface area contributed by atoms with Gasteiger partial charge in [-0.2, -0.15) is 11.8 Å². The van der Waals surface area contributed by atoms with Crippen LogP contribution >= 0.6 is 23.1 Å². The Labute approximate surface area is 114 Å². The van der Waals surface area contributed by atoms with E-state index in [0.29, 0.717) is 11.4 Å². The summed E-state index contributed by atoms with van der Waals surface area (Å²) >= 11 is 3.21. The highest BCUT2D eigenvalue weighted by Crippen LogP contribution is 2.33. The molecule has 96 valence electrons. The number of thiophene rings is 1. The molecule has 0 unspecified atom stereocenters. The first-order valence-electron chi connectivity index (χ1n) is 5.57. The van der Waals surface area contributed by atoms with Crippen molar-refractivity contribution in [2.75, 3.05) is 12.3 Å². The molecule has 1 amide bonds. The zero-order valence-corrected chi connectivity index (χ0v) is 11.4. The predicted molar refractivity (Wildman–Crippen MR) is 78.7 cm³/mol. The number of carbonyl (C=O) groups excluding carboxylic acids is 1. The zero-order chi connectivity index (χ0) is 13.0. The van der Waals surface area contributed by atoms with Gasteiger partial charge in [-0.3, -0.25) is 10.2 Å². The fraction of sp³-hybridized carbons (Fsp3) is 0.250. The van der Waals surface area contributed by atoms with E-state index in [4.69, 9.17) is 11.6 Å². The highest BCUT2D eigenvalue weighted by Gasteiger charge is 2.17. The number of hydrogen-bond donors (Lipinski definition) is 3. The molecule has 0 atom stereocenters. The number of benzene rings is 1. The van der Waals surface area contributed by atoms with Crippen LogP contribution in [0.1, 0.15) is 15.2 Å². The molecule has 0 aliphatic heterocycles. The number of nitrogen functional groups attached to an aromatic ring is 1. The molecule has 0 saturated heterocycles. The van der Waals surface area contributed by atoms with Crippen LogP contribution in [-0.2, 0) is 5.75 Å². The summed E-state index contributed by atoms with van der Waals surface area (Å²) in [6, 6.07) is 8.01. The van der Waals surface area contributed by atoms with Gasteiger partial charge in [-0.1, -0.05) is 18.2 Å². The molecule has 1 aromatic carbocycles. The molecule has 0 aliphatic rings. The Kier molecular flexibility index (Phi) is 4.60. The van der Waals surface area contributed by atoms with Crippen molar-refractivity contribution in [2.24, 2.45) is 11.6 Å². The number of rotatable bonds is 5. The quantitative estimate of drug-likeness (QED) is 0.337. The molecule has 0 aliphatic carbocycles. The van der Waals surface area contributed by atoms with Gasteiger partial charge in [0, 0.05) is 22.8 Å². The Morgan fingerprint density at radius 2 is 2.17 bits per heavy atom. The van der Waals surface area contributed by atoms with Crippen molar-refractivity contribution in [1.82, 2.24) is 5.43 Å².